The van der Waals surface area contributed by atoms with Gasteiger partial charge in [0.1, 0.15) is 0 Å². The zero-order valence-electron chi connectivity index (χ0n) is 10.6. The Hall–Kier alpha value is -1.54. The highest BCUT2D eigenvalue weighted by Gasteiger charge is 2.21. The van der Waals surface area contributed by atoms with Crippen LogP contribution < -0.4 is 0 Å². The molecule has 0 N–H and O–H groups in total. The molecule has 0 radical (unpaired) electrons. The molecular formula is C16H16OS. The Morgan fingerprint density at radius 3 is 2.28 bits per heavy atom. The Morgan fingerprint density at radius 2 is 1.67 bits per heavy atom. The Balaban J connectivity index is 2.56. The van der Waals surface area contributed by atoms with Crippen LogP contribution in [0.2, 0.25) is 0 Å². The molecule has 1 nitrogen and oxygen atoms in total. The zero-order chi connectivity index (χ0) is 13.1. The van der Waals surface area contributed by atoms with Gasteiger partial charge in [-0.2, -0.15) is 0 Å². The molecule has 2 aromatic carbocycles. The molecule has 0 spiro atoms. The van der Waals surface area contributed by atoms with Gasteiger partial charge in [-0.25, -0.2) is 0 Å². The number of hydrogen-bond acceptors (Lipinski definition) is 1. The van der Waals surface area contributed by atoms with E-state index in [0.29, 0.717) is 0 Å². The third-order valence-electron chi connectivity index (χ3n) is 3.34. The van der Waals surface area contributed by atoms with E-state index in [0.717, 1.165) is 16.7 Å². The third kappa shape index (κ3) is 2.49. The van der Waals surface area contributed by atoms with Crippen LogP contribution in [-0.4, -0.2) is 5.12 Å². The van der Waals surface area contributed by atoms with E-state index in [2.05, 4.69) is 32.5 Å². The van der Waals surface area contributed by atoms with Gasteiger partial charge in [0.05, 0.1) is 5.92 Å². The van der Waals surface area contributed by atoms with Crippen LogP contribution in [0.4, 0.5) is 0 Å². The van der Waals surface area contributed by atoms with Crippen LogP contribution in [0, 0.1) is 13.8 Å². The topological polar surface area (TPSA) is 17.1 Å². The lowest BCUT2D eigenvalue weighted by molar-refractivity contribution is -0.111. The smallest absolute Gasteiger partial charge is 0.197 e. The molecule has 0 aromatic heterocycles. The summed E-state index contributed by atoms with van der Waals surface area (Å²) in [6.45, 7) is 4.11. The van der Waals surface area contributed by atoms with E-state index >= 15 is 0 Å². The summed E-state index contributed by atoms with van der Waals surface area (Å²) in [5.41, 5.74) is 4.39. The summed E-state index contributed by atoms with van der Waals surface area (Å²) < 4.78 is 0. The van der Waals surface area contributed by atoms with Crippen LogP contribution in [0.25, 0.3) is 0 Å². The van der Waals surface area contributed by atoms with Crippen LogP contribution in [0.3, 0.4) is 0 Å². The molecule has 1 unspecified atom stereocenters. The largest absolute Gasteiger partial charge is 0.286 e. The van der Waals surface area contributed by atoms with E-state index in [1.54, 1.807) is 0 Å². The van der Waals surface area contributed by atoms with Crippen molar-refractivity contribution in [2.75, 3.05) is 0 Å². The molecule has 0 bridgehead atoms. The van der Waals surface area contributed by atoms with Gasteiger partial charge in [-0.1, -0.05) is 48.5 Å². The van der Waals surface area contributed by atoms with Gasteiger partial charge >= 0.3 is 0 Å². The van der Waals surface area contributed by atoms with Crippen molar-refractivity contribution in [3.8, 4) is 0 Å². The van der Waals surface area contributed by atoms with Crippen molar-refractivity contribution >= 4 is 17.7 Å². The molecule has 0 aliphatic heterocycles. The van der Waals surface area contributed by atoms with Crippen molar-refractivity contribution in [3.05, 3.63) is 70.8 Å². The van der Waals surface area contributed by atoms with Crippen molar-refractivity contribution in [2.24, 2.45) is 0 Å². The summed E-state index contributed by atoms with van der Waals surface area (Å²) in [5, 5.41) is -0.116. The van der Waals surface area contributed by atoms with Gasteiger partial charge in [-0.15, -0.1) is 12.6 Å². The summed E-state index contributed by atoms with van der Waals surface area (Å²) in [6, 6.07) is 15.9. The molecule has 0 saturated heterocycles. The first-order chi connectivity index (χ1) is 8.61. The van der Waals surface area contributed by atoms with Crippen molar-refractivity contribution in [1.82, 2.24) is 0 Å². The van der Waals surface area contributed by atoms with Crippen LogP contribution in [0.15, 0.2) is 48.5 Å². The van der Waals surface area contributed by atoms with Crippen LogP contribution in [0.5, 0.6) is 0 Å². The monoisotopic (exact) mass is 256 g/mol. The van der Waals surface area contributed by atoms with Gasteiger partial charge in [0.2, 0.25) is 0 Å². The highest BCUT2D eigenvalue weighted by atomic mass is 32.1. The Labute approximate surface area is 113 Å². The number of carbonyl (C=O) groups excluding carboxylic acids is 1. The number of carbonyl (C=O) groups is 1. The molecule has 0 amide bonds. The quantitative estimate of drug-likeness (QED) is 0.824. The average molecular weight is 256 g/mol. The molecule has 0 aliphatic rings. The average Bonchev–Trinajstić information content (AvgIpc) is 2.36. The van der Waals surface area contributed by atoms with Crippen molar-refractivity contribution in [2.45, 2.75) is 19.8 Å². The fraction of sp³-hybridized carbons (Fsp3) is 0.188. The Morgan fingerprint density at radius 1 is 1.00 bits per heavy atom. The standard InChI is InChI=1S/C16H16OS/c1-11-7-6-10-14(12(11)2)15(16(17)18)13-8-4-3-5-9-13/h3-10,15H,1-2H3,(H,17,18). The molecule has 18 heavy (non-hydrogen) atoms. The van der Waals surface area contributed by atoms with Crippen LogP contribution in [0.1, 0.15) is 28.2 Å². The van der Waals surface area contributed by atoms with Gasteiger partial charge < -0.3 is 0 Å². The summed E-state index contributed by atoms with van der Waals surface area (Å²) in [5.74, 6) is -0.283. The maximum absolute atomic E-state index is 11.9. The Kier molecular flexibility index (Phi) is 3.87. The Bertz CT molecular complexity index is 561. The zero-order valence-corrected chi connectivity index (χ0v) is 11.4. The molecular weight excluding hydrogens is 240 g/mol. The second kappa shape index (κ2) is 5.40. The maximum Gasteiger partial charge on any atom is 0.197 e. The maximum atomic E-state index is 11.9. The van der Waals surface area contributed by atoms with Gasteiger partial charge in [-0.3, -0.25) is 4.79 Å². The van der Waals surface area contributed by atoms with Gasteiger partial charge in [-0.05, 0) is 36.1 Å². The normalized spacial score (nSPS) is 12.2. The lowest BCUT2D eigenvalue weighted by Crippen LogP contribution is -2.10. The number of aryl methyl sites for hydroxylation is 1. The van der Waals surface area contributed by atoms with Gasteiger partial charge in [0.25, 0.3) is 0 Å². The molecule has 0 aliphatic carbocycles. The van der Waals surface area contributed by atoms with Crippen LogP contribution in [-0.2, 0) is 4.79 Å². The van der Waals surface area contributed by atoms with E-state index in [1.807, 2.05) is 42.5 Å². The predicted octanol–water partition coefficient (Wildman–Crippen LogP) is 3.89. The number of rotatable bonds is 3. The fourth-order valence-corrected chi connectivity index (χ4v) is 2.48. The highest BCUT2D eigenvalue weighted by Crippen LogP contribution is 2.30. The van der Waals surface area contributed by atoms with Crippen molar-refractivity contribution in [3.63, 3.8) is 0 Å². The number of benzene rings is 2. The third-order valence-corrected chi connectivity index (χ3v) is 3.60. The lowest BCUT2D eigenvalue weighted by atomic mass is 9.88. The first kappa shape index (κ1) is 12.9. The highest BCUT2D eigenvalue weighted by molar-refractivity contribution is 7.96. The minimum absolute atomic E-state index is 0.116. The molecule has 2 rings (SSSR count). The molecule has 1 atom stereocenters. The molecule has 2 heteroatoms. The summed E-state index contributed by atoms with van der Waals surface area (Å²) in [7, 11) is 0. The first-order valence-corrected chi connectivity index (χ1v) is 6.40. The van der Waals surface area contributed by atoms with E-state index < -0.39 is 0 Å². The summed E-state index contributed by atoms with van der Waals surface area (Å²) >= 11 is 4.06. The van der Waals surface area contributed by atoms with Crippen molar-refractivity contribution < 1.29 is 4.79 Å². The lowest BCUT2D eigenvalue weighted by Gasteiger charge is -2.17. The minimum atomic E-state index is -0.283. The molecule has 0 saturated carbocycles. The van der Waals surface area contributed by atoms with E-state index in [-0.39, 0.29) is 11.0 Å². The summed E-state index contributed by atoms with van der Waals surface area (Å²) in [6.07, 6.45) is 0. The fourth-order valence-electron chi connectivity index (χ4n) is 2.19. The number of thiol groups is 1. The van der Waals surface area contributed by atoms with E-state index in [1.165, 1.54) is 5.56 Å². The summed E-state index contributed by atoms with van der Waals surface area (Å²) in [4.78, 5) is 11.9. The van der Waals surface area contributed by atoms with Crippen LogP contribution >= 0.6 is 12.6 Å². The second-order valence-electron chi connectivity index (χ2n) is 4.47. The van der Waals surface area contributed by atoms with Crippen molar-refractivity contribution in [1.29, 1.82) is 0 Å². The molecule has 92 valence electrons. The minimum Gasteiger partial charge on any atom is -0.286 e. The molecule has 0 heterocycles. The molecule has 0 fully saturated rings. The van der Waals surface area contributed by atoms with Gasteiger partial charge in [0.15, 0.2) is 5.12 Å². The van der Waals surface area contributed by atoms with Gasteiger partial charge in [0, 0.05) is 0 Å². The second-order valence-corrected chi connectivity index (χ2v) is 4.91. The first-order valence-electron chi connectivity index (χ1n) is 5.95. The molecule has 2 aromatic rings. The SMILES string of the molecule is Cc1cccc(C(C(=O)S)c2ccccc2)c1C. The van der Waals surface area contributed by atoms with E-state index in [4.69, 9.17) is 0 Å². The van der Waals surface area contributed by atoms with E-state index in [9.17, 15) is 4.79 Å². The predicted molar refractivity (Wildman–Crippen MR) is 78.2 cm³/mol. The number of hydrogen-bond donors (Lipinski definition) is 1.